The van der Waals surface area contributed by atoms with Crippen molar-refractivity contribution < 1.29 is 14.3 Å². The number of aromatic nitrogens is 2. The summed E-state index contributed by atoms with van der Waals surface area (Å²) >= 11 is 7.82. The van der Waals surface area contributed by atoms with Crippen molar-refractivity contribution in [2.45, 2.75) is 37.9 Å². The average molecular weight is 497 g/mol. The number of rotatable bonds is 5. The molecule has 5 heterocycles. The number of amides is 1. The zero-order valence-corrected chi connectivity index (χ0v) is 20.4. The first-order chi connectivity index (χ1) is 16.5. The van der Waals surface area contributed by atoms with Crippen molar-refractivity contribution >= 4 is 34.8 Å². The van der Waals surface area contributed by atoms with E-state index in [1.54, 1.807) is 11.3 Å². The van der Waals surface area contributed by atoms with E-state index in [1.165, 1.54) is 0 Å². The number of carbonyl (C=O) groups excluding carboxylic acids is 1. The summed E-state index contributed by atoms with van der Waals surface area (Å²) in [5.74, 6) is 0.657. The van der Waals surface area contributed by atoms with Crippen molar-refractivity contribution in [2.75, 3.05) is 31.7 Å². The minimum Gasteiger partial charge on any atom is -0.381 e. The number of anilines is 1. The maximum Gasteiger partial charge on any atom is 0.256 e. The topological polar surface area (TPSA) is 76.6 Å². The van der Waals surface area contributed by atoms with E-state index in [2.05, 4.69) is 10.3 Å². The van der Waals surface area contributed by atoms with Gasteiger partial charge in [0, 0.05) is 41.9 Å². The first kappa shape index (κ1) is 22.0. The van der Waals surface area contributed by atoms with Crippen LogP contribution in [0.4, 0.5) is 5.95 Å². The van der Waals surface area contributed by atoms with Crippen molar-refractivity contribution in [2.24, 2.45) is 0 Å². The lowest BCUT2D eigenvalue weighted by Gasteiger charge is -2.45. The van der Waals surface area contributed by atoms with E-state index in [9.17, 15) is 4.79 Å². The number of carbonyl (C=O) groups is 1. The third-order valence-corrected chi connectivity index (χ3v) is 8.39. The Labute approximate surface area is 207 Å². The summed E-state index contributed by atoms with van der Waals surface area (Å²) in [6.07, 6.45) is 3.74. The number of benzene rings is 1. The third kappa shape index (κ3) is 3.69. The highest BCUT2D eigenvalue weighted by Crippen LogP contribution is 2.50. The van der Waals surface area contributed by atoms with E-state index in [4.69, 9.17) is 26.1 Å². The summed E-state index contributed by atoms with van der Waals surface area (Å²) in [5, 5.41) is 4.12. The van der Waals surface area contributed by atoms with E-state index in [-0.39, 0.29) is 5.91 Å². The number of aryl methyl sites for hydroxylation is 1. The van der Waals surface area contributed by atoms with Crippen LogP contribution in [0.1, 0.15) is 39.2 Å². The average Bonchev–Trinajstić information content (AvgIpc) is 3.33. The normalized spacial score (nSPS) is 19.4. The van der Waals surface area contributed by atoms with Crippen LogP contribution in [0.15, 0.2) is 36.5 Å². The second-order valence-electron chi connectivity index (χ2n) is 9.16. The predicted molar refractivity (Wildman–Crippen MR) is 131 cm³/mol. The second kappa shape index (κ2) is 8.61. The molecule has 2 saturated heterocycles. The number of hydrogen-bond acceptors (Lipinski definition) is 7. The quantitative estimate of drug-likeness (QED) is 0.554. The highest BCUT2D eigenvalue weighted by Gasteiger charge is 2.56. The molecule has 176 valence electrons. The first-order valence-corrected chi connectivity index (χ1v) is 12.7. The van der Waals surface area contributed by atoms with Gasteiger partial charge in [-0.15, -0.1) is 11.3 Å². The maximum atomic E-state index is 13.5. The van der Waals surface area contributed by atoms with E-state index < -0.39 is 5.54 Å². The first-order valence-electron chi connectivity index (χ1n) is 11.5. The number of fused-ring (bicyclic) bond motifs is 2. The van der Waals surface area contributed by atoms with Gasteiger partial charge in [-0.1, -0.05) is 23.7 Å². The Morgan fingerprint density at radius 3 is 2.79 bits per heavy atom. The number of nitrogens with one attached hydrogen (secondary N) is 1. The SMILES string of the molecule is Cc1cnc(NC2CCOCC2)nc1-c1cc2c(s1)C1(COC1)N(Cc1cccc(Cl)c1)C2=O. The summed E-state index contributed by atoms with van der Waals surface area (Å²) in [4.78, 5) is 26.9. The lowest BCUT2D eigenvalue weighted by molar-refractivity contribution is -0.126. The van der Waals surface area contributed by atoms with Gasteiger partial charge in [0.25, 0.3) is 5.91 Å². The minimum atomic E-state index is -0.415. The van der Waals surface area contributed by atoms with E-state index in [1.807, 2.05) is 48.4 Å². The smallest absolute Gasteiger partial charge is 0.256 e. The molecule has 0 saturated carbocycles. The van der Waals surface area contributed by atoms with Crippen LogP contribution in [0.3, 0.4) is 0 Å². The van der Waals surface area contributed by atoms with Crippen molar-refractivity contribution in [1.29, 1.82) is 0 Å². The number of nitrogens with zero attached hydrogens (tertiary/aromatic N) is 3. The second-order valence-corrected chi connectivity index (χ2v) is 10.6. The van der Waals surface area contributed by atoms with E-state index in [0.717, 1.165) is 58.2 Å². The molecule has 0 aliphatic carbocycles. The molecule has 3 aromatic rings. The maximum absolute atomic E-state index is 13.5. The number of halogens is 1. The Kier molecular flexibility index (Phi) is 5.56. The molecule has 1 aromatic carbocycles. The van der Waals surface area contributed by atoms with Crippen LogP contribution in [0, 0.1) is 6.92 Å². The van der Waals surface area contributed by atoms with Crippen molar-refractivity contribution in [1.82, 2.24) is 14.9 Å². The van der Waals surface area contributed by atoms with Crippen LogP contribution in [0.5, 0.6) is 0 Å². The fraction of sp³-hybridized carbons (Fsp3) is 0.400. The van der Waals surface area contributed by atoms with E-state index >= 15 is 0 Å². The van der Waals surface area contributed by atoms with E-state index in [0.29, 0.717) is 36.8 Å². The molecule has 9 heteroatoms. The van der Waals surface area contributed by atoms with Gasteiger partial charge in [-0.2, -0.15) is 0 Å². The molecule has 1 N–H and O–H groups in total. The Balaban J connectivity index is 1.30. The van der Waals surface area contributed by atoms with Crippen molar-refractivity contribution in [3.63, 3.8) is 0 Å². The Hall–Kier alpha value is -2.52. The van der Waals surface area contributed by atoms with Crippen LogP contribution in [-0.4, -0.2) is 53.2 Å². The minimum absolute atomic E-state index is 0.0352. The Morgan fingerprint density at radius 1 is 1.24 bits per heavy atom. The molecule has 1 spiro atoms. The highest BCUT2D eigenvalue weighted by atomic mass is 35.5. The molecule has 0 radical (unpaired) electrons. The monoisotopic (exact) mass is 496 g/mol. The summed E-state index contributed by atoms with van der Waals surface area (Å²) in [6, 6.07) is 9.98. The van der Waals surface area contributed by atoms with Crippen LogP contribution in [0.2, 0.25) is 5.02 Å². The third-order valence-electron chi connectivity index (χ3n) is 6.82. The van der Waals surface area contributed by atoms with Gasteiger partial charge < -0.3 is 19.7 Å². The van der Waals surface area contributed by atoms with Crippen LogP contribution in [0.25, 0.3) is 10.6 Å². The molecular formula is C25H25ClN4O3S. The molecule has 0 atom stereocenters. The lowest BCUT2D eigenvalue weighted by atomic mass is 9.94. The van der Waals surface area contributed by atoms with Gasteiger partial charge >= 0.3 is 0 Å². The van der Waals surface area contributed by atoms with Gasteiger partial charge in [0.05, 0.1) is 29.3 Å². The number of thiophene rings is 1. The van der Waals surface area contributed by atoms with Gasteiger partial charge in [0.2, 0.25) is 5.95 Å². The van der Waals surface area contributed by atoms with Crippen LogP contribution < -0.4 is 5.32 Å². The molecule has 2 fully saturated rings. The van der Waals surface area contributed by atoms with Gasteiger partial charge in [-0.25, -0.2) is 9.97 Å². The zero-order chi connectivity index (χ0) is 23.3. The molecule has 0 unspecified atom stereocenters. The molecule has 3 aliphatic rings. The van der Waals surface area contributed by atoms with Crippen LogP contribution >= 0.6 is 22.9 Å². The molecule has 3 aliphatic heterocycles. The largest absolute Gasteiger partial charge is 0.381 e. The molecule has 0 bridgehead atoms. The van der Waals surface area contributed by atoms with Crippen molar-refractivity contribution in [3.05, 3.63) is 63.1 Å². The predicted octanol–water partition coefficient (Wildman–Crippen LogP) is 4.64. The molecule has 34 heavy (non-hydrogen) atoms. The standard InChI is InChI=1S/C25H25ClN4O3S/c1-15-11-27-24(28-18-5-7-32-8-6-18)29-21(15)20-10-19-22(34-20)25(13-33-14-25)30(23(19)31)12-16-3-2-4-17(26)9-16/h2-4,9-11,18H,5-8,12-14H2,1H3,(H,27,28,29). The Morgan fingerprint density at radius 2 is 2.06 bits per heavy atom. The number of hydrogen-bond donors (Lipinski definition) is 1. The Bertz CT molecular complexity index is 1250. The summed E-state index contributed by atoms with van der Waals surface area (Å²) in [6.45, 7) is 5.04. The summed E-state index contributed by atoms with van der Waals surface area (Å²) < 4.78 is 11.1. The molecule has 6 rings (SSSR count). The van der Waals surface area contributed by atoms with Gasteiger partial charge in [0.1, 0.15) is 5.54 Å². The van der Waals surface area contributed by atoms with Crippen LogP contribution in [-0.2, 0) is 21.6 Å². The summed E-state index contributed by atoms with van der Waals surface area (Å²) in [5.41, 5.74) is 3.20. The fourth-order valence-corrected chi connectivity index (χ4v) is 6.47. The van der Waals surface area contributed by atoms with Gasteiger partial charge in [-0.05, 0) is 49.1 Å². The molecule has 7 nitrogen and oxygen atoms in total. The highest BCUT2D eigenvalue weighted by molar-refractivity contribution is 7.16. The summed E-state index contributed by atoms with van der Waals surface area (Å²) in [7, 11) is 0. The van der Waals surface area contributed by atoms with Crippen molar-refractivity contribution in [3.8, 4) is 10.6 Å². The molecule has 1 amide bonds. The lowest BCUT2D eigenvalue weighted by Crippen LogP contribution is -2.56. The zero-order valence-electron chi connectivity index (χ0n) is 18.8. The molecule has 2 aromatic heterocycles. The fourth-order valence-electron chi connectivity index (χ4n) is 4.88. The number of ether oxygens (including phenoxy) is 2. The van der Waals surface area contributed by atoms with Gasteiger partial charge in [-0.3, -0.25) is 4.79 Å². The van der Waals surface area contributed by atoms with Gasteiger partial charge in [0.15, 0.2) is 0 Å². The molecular weight excluding hydrogens is 472 g/mol.